The third kappa shape index (κ3) is 2.99. The summed E-state index contributed by atoms with van der Waals surface area (Å²) in [4.78, 5) is 2.49. The van der Waals surface area contributed by atoms with Crippen molar-refractivity contribution >= 4 is 22.4 Å². The van der Waals surface area contributed by atoms with Crippen molar-refractivity contribution in [2.45, 2.75) is 6.18 Å². The Labute approximate surface area is 109 Å². The summed E-state index contributed by atoms with van der Waals surface area (Å²) in [7, 11) is 0. The molecule has 0 aliphatic carbocycles. The Morgan fingerprint density at radius 2 is 1.84 bits per heavy atom. The molecule has 0 atom stereocenters. The van der Waals surface area contributed by atoms with Crippen LogP contribution in [0.15, 0.2) is 24.3 Å². The van der Waals surface area contributed by atoms with Gasteiger partial charge in [-0.05, 0) is 22.5 Å². The lowest BCUT2D eigenvalue weighted by Crippen LogP contribution is -2.72. The van der Waals surface area contributed by atoms with E-state index in [1.165, 1.54) is 18.2 Å². The van der Waals surface area contributed by atoms with Gasteiger partial charge >= 0.3 is 17.3 Å². The van der Waals surface area contributed by atoms with Crippen LogP contribution in [0.2, 0.25) is 0 Å². The Morgan fingerprint density at radius 1 is 1.16 bits per heavy atom. The molecule has 0 fully saturated rings. The largest absolute Gasteiger partial charge is 0.417 e. The Kier molecular flexibility index (Phi) is 3.38. The molecular formula is C10H9F3N5S+. The summed E-state index contributed by atoms with van der Waals surface area (Å²) in [6.45, 7) is 0. The summed E-state index contributed by atoms with van der Waals surface area (Å²) in [5.74, 6) is -0.105. The number of aromatic nitrogens is 2. The van der Waals surface area contributed by atoms with Crippen LogP contribution in [0.5, 0.6) is 0 Å². The third-order valence-corrected chi connectivity index (χ3v) is 3.01. The highest BCUT2D eigenvalue weighted by Crippen LogP contribution is 2.37. The lowest BCUT2D eigenvalue weighted by Gasteiger charge is -2.09. The van der Waals surface area contributed by atoms with E-state index in [0.717, 1.165) is 17.4 Å². The van der Waals surface area contributed by atoms with E-state index >= 15 is 0 Å². The highest BCUT2D eigenvalue weighted by atomic mass is 32.1. The molecular weight excluding hydrogens is 279 g/mol. The number of nitrogens with two attached hydrogens (primary N) is 2. The number of alkyl halides is 3. The number of hydrogen-bond donors (Lipinski definition) is 3. The number of rotatable bonds is 2. The lowest BCUT2D eigenvalue weighted by atomic mass is 10.1. The molecule has 5 nitrogen and oxygen atoms in total. The fraction of sp³-hybridized carbons (Fsp3) is 0.100. The van der Waals surface area contributed by atoms with E-state index in [9.17, 15) is 13.2 Å². The van der Waals surface area contributed by atoms with Gasteiger partial charge in [0.2, 0.25) is 0 Å². The smallest absolute Gasteiger partial charge is 0.311 e. The highest BCUT2D eigenvalue weighted by Gasteiger charge is 2.34. The van der Waals surface area contributed by atoms with Gasteiger partial charge in [-0.3, -0.25) is 0 Å². The Bertz CT molecular complexity index is 616. The molecule has 0 saturated carbocycles. The molecule has 1 aromatic carbocycles. The molecule has 2 aromatic rings. The SMILES string of the molecule is NC(N)=[NH+]c1nnc(-c2ccccc2C(F)(F)F)s1. The number of nitrogens with zero attached hydrogens (tertiary/aromatic N) is 2. The van der Waals surface area contributed by atoms with E-state index in [4.69, 9.17) is 11.5 Å². The second-order valence-corrected chi connectivity index (χ2v) is 4.51. The molecule has 0 bridgehead atoms. The van der Waals surface area contributed by atoms with Crippen molar-refractivity contribution in [2.75, 3.05) is 0 Å². The van der Waals surface area contributed by atoms with Crippen molar-refractivity contribution in [1.29, 1.82) is 0 Å². The van der Waals surface area contributed by atoms with Crippen LogP contribution in [-0.4, -0.2) is 16.2 Å². The van der Waals surface area contributed by atoms with Crippen LogP contribution in [0.1, 0.15) is 5.56 Å². The van der Waals surface area contributed by atoms with Crippen LogP contribution < -0.4 is 16.5 Å². The normalized spacial score (nSPS) is 11.3. The van der Waals surface area contributed by atoms with Crippen molar-refractivity contribution < 1.29 is 18.2 Å². The van der Waals surface area contributed by atoms with Crippen LogP contribution >= 0.6 is 11.3 Å². The van der Waals surface area contributed by atoms with Gasteiger partial charge in [0.1, 0.15) is 0 Å². The van der Waals surface area contributed by atoms with Crippen molar-refractivity contribution in [3.05, 3.63) is 29.8 Å². The number of hydrogen-bond acceptors (Lipinski definition) is 3. The predicted octanol–water partition coefficient (Wildman–Crippen LogP) is 0.209. The molecule has 0 spiro atoms. The summed E-state index contributed by atoms with van der Waals surface area (Å²) >= 11 is 0.930. The Morgan fingerprint density at radius 3 is 2.47 bits per heavy atom. The molecule has 9 heteroatoms. The van der Waals surface area contributed by atoms with E-state index in [-0.39, 0.29) is 21.7 Å². The second kappa shape index (κ2) is 4.84. The maximum atomic E-state index is 12.8. The van der Waals surface area contributed by atoms with E-state index in [1.807, 2.05) is 0 Å². The summed E-state index contributed by atoms with van der Waals surface area (Å²) in [5.41, 5.74) is 9.63. The number of halogens is 3. The van der Waals surface area contributed by atoms with E-state index in [0.29, 0.717) is 0 Å². The quantitative estimate of drug-likeness (QED) is 0.544. The van der Waals surface area contributed by atoms with Crippen LogP contribution in [0.25, 0.3) is 10.6 Å². The van der Waals surface area contributed by atoms with Crippen molar-refractivity contribution in [1.82, 2.24) is 10.2 Å². The summed E-state index contributed by atoms with van der Waals surface area (Å²) in [5, 5.41) is 7.72. The number of guanidine groups is 1. The van der Waals surface area contributed by atoms with Crippen LogP contribution in [0.3, 0.4) is 0 Å². The predicted molar refractivity (Wildman–Crippen MR) is 64.4 cm³/mol. The molecule has 0 unspecified atom stereocenters. The van der Waals surface area contributed by atoms with Gasteiger partial charge in [0.05, 0.1) is 5.56 Å². The first-order chi connectivity index (χ1) is 8.88. The molecule has 0 radical (unpaired) electrons. The van der Waals surface area contributed by atoms with Crippen molar-refractivity contribution in [3.63, 3.8) is 0 Å². The lowest BCUT2D eigenvalue weighted by molar-refractivity contribution is -0.356. The van der Waals surface area contributed by atoms with E-state index in [2.05, 4.69) is 15.2 Å². The maximum Gasteiger partial charge on any atom is 0.417 e. The second-order valence-electron chi connectivity index (χ2n) is 3.54. The molecule has 0 saturated heterocycles. The van der Waals surface area contributed by atoms with Gasteiger partial charge in [0, 0.05) is 5.56 Å². The molecule has 0 aliphatic rings. The molecule has 0 amide bonds. The van der Waals surface area contributed by atoms with Gasteiger partial charge in [0.25, 0.3) is 0 Å². The van der Waals surface area contributed by atoms with Crippen LogP contribution in [-0.2, 0) is 6.18 Å². The highest BCUT2D eigenvalue weighted by molar-refractivity contribution is 7.17. The third-order valence-electron chi connectivity index (χ3n) is 2.14. The summed E-state index contributed by atoms with van der Waals surface area (Å²) in [6, 6.07) is 5.15. The number of nitrogens with one attached hydrogen (secondary N) is 1. The Hall–Kier alpha value is -2.16. The zero-order valence-electron chi connectivity index (χ0n) is 9.40. The topological polar surface area (TPSA) is 91.8 Å². The van der Waals surface area contributed by atoms with Gasteiger partial charge < -0.3 is 11.5 Å². The molecule has 1 heterocycles. The molecule has 2 rings (SSSR count). The Balaban J connectivity index is 2.48. The maximum absolute atomic E-state index is 12.8. The zero-order valence-corrected chi connectivity index (χ0v) is 10.2. The minimum Gasteiger partial charge on any atom is -0.311 e. The minimum absolute atomic E-state index is 0.0313. The van der Waals surface area contributed by atoms with Crippen molar-refractivity contribution in [2.24, 2.45) is 11.5 Å². The summed E-state index contributed by atoms with van der Waals surface area (Å²) in [6.07, 6.45) is -4.45. The average Bonchev–Trinajstić information content (AvgIpc) is 2.75. The monoisotopic (exact) mass is 288 g/mol. The first kappa shape index (κ1) is 13.3. The van der Waals surface area contributed by atoms with Gasteiger partial charge in [-0.25, -0.2) is 4.99 Å². The van der Waals surface area contributed by atoms with Crippen LogP contribution in [0.4, 0.5) is 18.3 Å². The first-order valence-corrected chi connectivity index (χ1v) is 5.84. The zero-order chi connectivity index (χ0) is 14.0. The van der Waals surface area contributed by atoms with Gasteiger partial charge in [0.15, 0.2) is 5.01 Å². The fourth-order valence-electron chi connectivity index (χ4n) is 1.42. The van der Waals surface area contributed by atoms with Crippen molar-refractivity contribution in [3.8, 4) is 10.6 Å². The van der Waals surface area contributed by atoms with Gasteiger partial charge in [-0.2, -0.15) is 13.2 Å². The van der Waals surface area contributed by atoms with E-state index in [1.54, 1.807) is 0 Å². The number of benzene rings is 1. The first-order valence-electron chi connectivity index (χ1n) is 5.03. The average molecular weight is 288 g/mol. The minimum atomic E-state index is -4.45. The molecule has 0 aliphatic heterocycles. The van der Waals surface area contributed by atoms with Crippen LogP contribution in [0, 0.1) is 0 Å². The summed E-state index contributed by atoms with van der Waals surface area (Å²) < 4.78 is 38.5. The van der Waals surface area contributed by atoms with Gasteiger partial charge in [-0.15, -0.1) is 0 Å². The van der Waals surface area contributed by atoms with Gasteiger partial charge in [-0.1, -0.05) is 23.3 Å². The molecule has 19 heavy (non-hydrogen) atoms. The molecule has 100 valence electrons. The molecule has 1 aromatic heterocycles. The van der Waals surface area contributed by atoms with E-state index < -0.39 is 11.7 Å². The fourth-order valence-corrected chi connectivity index (χ4v) is 2.23. The molecule has 5 N–H and O–H groups in total. The standard InChI is InChI=1S/C10H8F3N5S/c11-10(12,13)6-4-2-1-3-5(6)7-17-18-9(19-7)16-8(14)15/h1-4H,(H4,14,15,16,18)/p+1.